The first-order valence-electron chi connectivity index (χ1n) is 5.78. The van der Waals surface area contributed by atoms with Crippen molar-refractivity contribution in [3.63, 3.8) is 0 Å². The molecule has 3 nitrogen and oxygen atoms in total. The lowest BCUT2D eigenvalue weighted by Gasteiger charge is -2.34. The lowest BCUT2D eigenvalue weighted by atomic mass is 10.1. The van der Waals surface area contributed by atoms with Crippen LogP contribution in [0.3, 0.4) is 0 Å². The number of aliphatic hydroxyl groups excluding tert-OH is 1. The predicted molar refractivity (Wildman–Crippen MR) is 79.2 cm³/mol. The molecule has 0 aromatic heterocycles. The van der Waals surface area contributed by atoms with Crippen molar-refractivity contribution >= 4 is 46.2 Å². The molecule has 2 rings (SSSR count). The Labute approximate surface area is 122 Å². The zero-order chi connectivity index (χ0) is 13.1. The van der Waals surface area contributed by atoms with Gasteiger partial charge in [0.05, 0.1) is 10.0 Å². The largest absolute Gasteiger partial charge is 0.374 e. The summed E-state index contributed by atoms with van der Waals surface area (Å²) in [5.41, 5.74) is 0.771. The summed E-state index contributed by atoms with van der Waals surface area (Å²) in [7, 11) is 0. The Bertz CT molecular complexity index is 456. The fraction of sp³-hybridized carbons (Fsp3) is 0.417. The van der Waals surface area contributed by atoms with Crippen molar-refractivity contribution in [3.8, 4) is 0 Å². The topological polar surface area (TPSA) is 35.5 Å². The molecule has 0 spiro atoms. The number of hydrogen-bond donors (Lipinski definition) is 2. The quantitative estimate of drug-likeness (QED) is 0.779. The number of aliphatic hydroxyl groups is 1. The van der Waals surface area contributed by atoms with E-state index in [4.69, 9.17) is 35.4 Å². The van der Waals surface area contributed by atoms with E-state index < -0.39 is 6.23 Å². The minimum atomic E-state index is -0.499. The van der Waals surface area contributed by atoms with E-state index in [2.05, 4.69) is 5.32 Å². The van der Waals surface area contributed by atoms with Gasteiger partial charge in [0.1, 0.15) is 6.23 Å². The highest BCUT2D eigenvalue weighted by molar-refractivity contribution is 7.80. The van der Waals surface area contributed by atoms with E-state index in [0.717, 1.165) is 31.5 Å². The van der Waals surface area contributed by atoms with E-state index in [0.29, 0.717) is 15.2 Å². The van der Waals surface area contributed by atoms with E-state index in [1.807, 2.05) is 0 Å². The van der Waals surface area contributed by atoms with Gasteiger partial charge in [-0.3, -0.25) is 0 Å². The molecule has 0 saturated carbocycles. The molecule has 0 bridgehead atoms. The number of hydrogen-bond acceptors (Lipinski definition) is 2. The molecule has 2 N–H and O–H groups in total. The van der Waals surface area contributed by atoms with Gasteiger partial charge in [0.2, 0.25) is 0 Å². The molecule has 18 heavy (non-hydrogen) atoms. The standard InChI is InChI=1S/C12H14Cl2N2OS/c13-9-5-4-8(7-10(9)14)15-12(18)16-6-2-1-3-11(16)17/h4-5,7,11,17H,1-3,6H2,(H,15,18). The van der Waals surface area contributed by atoms with Crippen LogP contribution in [0.2, 0.25) is 10.0 Å². The molecule has 6 heteroatoms. The van der Waals surface area contributed by atoms with E-state index in [1.165, 1.54) is 0 Å². The van der Waals surface area contributed by atoms with Gasteiger partial charge in [-0.05, 0) is 49.7 Å². The van der Waals surface area contributed by atoms with Gasteiger partial charge in [-0.15, -0.1) is 0 Å². The van der Waals surface area contributed by atoms with Gasteiger partial charge in [0.25, 0.3) is 0 Å². The van der Waals surface area contributed by atoms with Crippen LogP contribution in [-0.2, 0) is 0 Å². The number of likely N-dealkylation sites (tertiary alicyclic amines) is 1. The molecule has 1 aliphatic rings. The molecule has 1 atom stereocenters. The first-order chi connectivity index (χ1) is 8.58. The zero-order valence-electron chi connectivity index (χ0n) is 9.70. The molecule has 1 aromatic carbocycles. The van der Waals surface area contributed by atoms with Crippen molar-refractivity contribution in [2.45, 2.75) is 25.5 Å². The summed E-state index contributed by atoms with van der Waals surface area (Å²) in [5, 5.41) is 14.4. The number of benzene rings is 1. The van der Waals surface area contributed by atoms with Crippen LogP contribution >= 0.6 is 35.4 Å². The maximum Gasteiger partial charge on any atom is 0.175 e. The number of anilines is 1. The second-order valence-electron chi connectivity index (χ2n) is 4.23. The fourth-order valence-electron chi connectivity index (χ4n) is 1.92. The Hall–Kier alpha value is -0.550. The van der Waals surface area contributed by atoms with Crippen LogP contribution in [-0.4, -0.2) is 27.9 Å². The smallest absolute Gasteiger partial charge is 0.175 e. The summed E-state index contributed by atoms with van der Waals surface area (Å²) < 4.78 is 0. The van der Waals surface area contributed by atoms with Crippen molar-refractivity contribution in [3.05, 3.63) is 28.2 Å². The number of thiocarbonyl (C=S) groups is 1. The molecule has 0 radical (unpaired) electrons. The summed E-state index contributed by atoms with van der Waals surface area (Å²) >= 11 is 17.1. The maximum absolute atomic E-state index is 9.87. The van der Waals surface area contributed by atoms with Crippen molar-refractivity contribution in [1.82, 2.24) is 4.90 Å². The molecule has 1 aromatic rings. The third kappa shape index (κ3) is 3.26. The highest BCUT2D eigenvalue weighted by Crippen LogP contribution is 2.25. The Kier molecular flexibility index (Phi) is 4.67. The number of rotatable bonds is 1. The second-order valence-corrected chi connectivity index (χ2v) is 5.43. The molecular weight excluding hydrogens is 291 g/mol. The molecule has 1 unspecified atom stereocenters. The first kappa shape index (κ1) is 13.9. The highest BCUT2D eigenvalue weighted by atomic mass is 35.5. The van der Waals surface area contributed by atoms with Crippen LogP contribution in [0.15, 0.2) is 18.2 Å². The van der Waals surface area contributed by atoms with Gasteiger partial charge in [0.15, 0.2) is 5.11 Å². The fourth-order valence-corrected chi connectivity index (χ4v) is 2.55. The van der Waals surface area contributed by atoms with Crippen molar-refractivity contribution in [1.29, 1.82) is 0 Å². The number of nitrogens with zero attached hydrogens (tertiary/aromatic N) is 1. The van der Waals surface area contributed by atoms with E-state index in [-0.39, 0.29) is 0 Å². The number of halogens is 2. The van der Waals surface area contributed by atoms with Gasteiger partial charge in [-0.2, -0.15) is 0 Å². The third-order valence-electron chi connectivity index (χ3n) is 2.90. The van der Waals surface area contributed by atoms with Crippen molar-refractivity contribution in [2.75, 3.05) is 11.9 Å². The molecular formula is C12H14Cl2N2OS. The maximum atomic E-state index is 9.87. The lowest BCUT2D eigenvalue weighted by Crippen LogP contribution is -2.45. The Morgan fingerprint density at radius 3 is 2.78 bits per heavy atom. The second kappa shape index (κ2) is 6.06. The number of piperidine rings is 1. The Morgan fingerprint density at radius 2 is 2.11 bits per heavy atom. The summed E-state index contributed by atoms with van der Waals surface area (Å²) in [5.74, 6) is 0. The normalized spacial score (nSPS) is 19.7. The van der Waals surface area contributed by atoms with E-state index in [1.54, 1.807) is 23.1 Å². The van der Waals surface area contributed by atoms with Gasteiger partial charge in [0, 0.05) is 12.2 Å². The van der Waals surface area contributed by atoms with Crippen LogP contribution in [0.25, 0.3) is 0 Å². The SMILES string of the molecule is OC1CCCCN1C(=S)Nc1ccc(Cl)c(Cl)c1. The van der Waals surface area contributed by atoms with Crippen LogP contribution in [0.1, 0.15) is 19.3 Å². The average Bonchev–Trinajstić information content (AvgIpc) is 2.34. The van der Waals surface area contributed by atoms with E-state index >= 15 is 0 Å². The van der Waals surface area contributed by atoms with Gasteiger partial charge in [-0.25, -0.2) is 0 Å². The highest BCUT2D eigenvalue weighted by Gasteiger charge is 2.22. The van der Waals surface area contributed by atoms with E-state index in [9.17, 15) is 5.11 Å². The molecule has 1 heterocycles. The minimum Gasteiger partial charge on any atom is -0.374 e. The number of nitrogens with one attached hydrogen (secondary N) is 1. The van der Waals surface area contributed by atoms with Crippen LogP contribution < -0.4 is 5.32 Å². The predicted octanol–water partition coefficient (Wildman–Crippen LogP) is 3.49. The molecule has 1 aliphatic heterocycles. The van der Waals surface area contributed by atoms with Crippen LogP contribution in [0.5, 0.6) is 0 Å². The summed E-state index contributed by atoms with van der Waals surface area (Å²) in [4.78, 5) is 1.79. The summed E-state index contributed by atoms with van der Waals surface area (Å²) in [6.07, 6.45) is 2.33. The van der Waals surface area contributed by atoms with Crippen molar-refractivity contribution < 1.29 is 5.11 Å². The minimum absolute atomic E-state index is 0.476. The molecule has 1 fully saturated rings. The van der Waals surface area contributed by atoms with Crippen LogP contribution in [0, 0.1) is 0 Å². The Morgan fingerprint density at radius 1 is 1.33 bits per heavy atom. The summed E-state index contributed by atoms with van der Waals surface area (Å²) in [6, 6.07) is 5.23. The van der Waals surface area contributed by atoms with Gasteiger partial charge in [-0.1, -0.05) is 23.2 Å². The molecule has 98 valence electrons. The first-order valence-corrected chi connectivity index (χ1v) is 6.95. The summed E-state index contributed by atoms with van der Waals surface area (Å²) in [6.45, 7) is 0.772. The average molecular weight is 305 g/mol. The monoisotopic (exact) mass is 304 g/mol. The van der Waals surface area contributed by atoms with Gasteiger partial charge < -0.3 is 15.3 Å². The third-order valence-corrected chi connectivity index (χ3v) is 3.98. The Balaban J connectivity index is 2.04. The molecule has 0 aliphatic carbocycles. The molecule has 0 amide bonds. The lowest BCUT2D eigenvalue weighted by molar-refractivity contribution is 0.0255. The zero-order valence-corrected chi connectivity index (χ0v) is 12.0. The molecule has 1 saturated heterocycles. The van der Waals surface area contributed by atoms with Crippen molar-refractivity contribution in [2.24, 2.45) is 0 Å². The van der Waals surface area contributed by atoms with Crippen LogP contribution in [0.4, 0.5) is 5.69 Å². The van der Waals surface area contributed by atoms with Gasteiger partial charge >= 0.3 is 0 Å².